The van der Waals surface area contributed by atoms with Crippen LogP contribution in [0.4, 0.5) is 0 Å². The maximum absolute atomic E-state index is 2.89. The molecule has 0 aliphatic carbocycles. The number of hydrogen-bond donors (Lipinski definition) is 0. The van der Waals surface area contributed by atoms with Gasteiger partial charge in [-0.25, -0.2) is 0 Å². The van der Waals surface area contributed by atoms with Crippen molar-refractivity contribution in [3.63, 3.8) is 0 Å². The normalized spacial score (nSPS) is 6.00. The summed E-state index contributed by atoms with van der Waals surface area (Å²) in [5.41, 5.74) is 0. The summed E-state index contributed by atoms with van der Waals surface area (Å²) in [4.78, 5) is 0. The van der Waals surface area contributed by atoms with Crippen LogP contribution in [0.3, 0.4) is 0 Å². The largest absolute Gasteiger partial charge is 0.184 e. The van der Waals surface area contributed by atoms with Gasteiger partial charge in [-0.1, -0.05) is 22.3 Å². The Morgan fingerprint density at radius 2 is 0.688 bits per heavy atom. The average molecular weight is 291 g/mol. The van der Waals surface area contributed by atoms with Crippen LogP contribution >= 0.6 is 0 Å². The summed E-state index contributed by atoms with van der Waals surface area (Å²) < 4.78 is 0. The maximum atomic E-state index is 2.89. The molecule has 0 N–H and O–H groups in total. The zero-order chi connectivity index (χ0) is 8.49. The third-order valence-electron chi connectivity index (χ3n) is 1.21. The Morgan fingerprint density at radius 1 is 0.438 bits per heavy atom. The van der Waals surface area contributed by atoms with Crippen LogP contribution in [0.2, 0.25) is 0 Å². The first-order valence-electron chi connectivity index (χ1n) is 3.82. The SMILES string of the molecule is C.C.C.[Y].[c-]1ccccc1.[c-]1ccccc1. The molecule has 2 aromatic carbocycles. The quantitative estimate of drug-likeness (QED) is 0.607. The van der Waals surface area contributed by atoms with E-state index >= 15 is 0 Å². The summed E-state index contributed by atoms with van der Waals surface area (Å²) in [6.07, 6.45) is 0. The molecule has 0 heterocycles. The molecule has 0 aromatic heterocycles. The van der Waals surface area contributed by atoms with Crippen LogP contribution in [0.15, 0.2) is 60.7 Å². The van der Waals surface area contributed by atoms with E-state index in [-0.39, 0.29) is 55.0 Å². The topological polar surface area (TPSA) is 0 Å². The second-order valence-electron chi connectivity index (χ2n) is 2.15. The summed E-state index contributed by atoms with van der Waals surface area (Å²) >= 11 is 0. The van der Waals surface area contributed by atoms with E-state index in [9.17, 15) is 0 Å². The number of rotatable bonds is 0. The molecule has 16 heavy (non-hydrogen) atoms. The van der Waals surface area contributed by atoms with Crippen LogP contribution in [0.1, 0.15) is 22.3 Å². The minimum absolute atomic E-state index is 0. The van der Waals surface area contributed by atoms with E-state index in [2.05, 4.69) is 12.1 Å². The van der Waals surface area contributed by atoms with E-state index in [0.717, 1.165) is 0 Å². The summed E-state index contributed by atoms with van der Waals surface area (Å²) in [6.45, 7) is 0. The fourth-order valence-electron chi connectivity index (χ4n) is 0.684. The Kier molecular flexibility index (Phi) is 30.9. The van der Waals surface area contributed by atoms with Gasteiger partial charge in [0.15, 0.2) is 0 Å². The first kappa shape index (κ1) is 24.7. The molecule has 0 bridgehead atoms. The van der Waals surface area contributed by atoms with Crippen LogP contribution in [-0.4, -0.2) is 0 Å². The van der Waals surface area contributed by atoms with Gasteiger partial charge in [-0.3, -0.25) is 0 Å². The van der Waals surface area contributed by atoms with Gasteiger partial charge >= 0.3 is 0 Å². The van der Waals surface area contributed by atoms with Gasteiger partial charge in [-0.2, -0.15) is 72.8 Å². The minimum atomic E-state index is 0. The molecule has 0 atom stereocenters. The molecule has 1 radical (unpaired) electrons. The second kappa shape index (κ2) is 20.0. The Balaban J connectivity index is -0.0000000720. The zero-order valence-electron chi connectivity index (χ0n) is 7.35. The molecule has 2 aromatic rings. The minimum Gasteiger partial charge on any atom is -0.184 e. The van der Waals surface area contributed by atoms with Gasteiger partial charge in [-0.15, -0.1) is 0 Å². The molecule has 2 rings (SSSR count). The van der Waals surface area contributed by atoms with Gasteiger partial charge < -0.3 is 0 Å². The summed E-state index contributed by atoms with van der Waals surface area (Å²) in [7, 11) is 0. The van der Waals surface area contributed by atoms with Crippen LogP contribution in [-0.2, 0) is 32.7 Å². The van der Waals surface area contributed by atoms with E-state index in [1.165, 1.54) is 0 Å². The van der Waals surface area contributed by atoms with Crippen LogP contribution in [0, 0.1) is 12.1 Å². The molecule has 0 fully saturated rings. The molecule has 0 aliphatic rings. The predicted octanol–water partition coefficient (Wildman–Crippen LogP) is 4.88. The molecule has 0 aliphatic heterocycles. The first-order chi connectivity index (χ1) is 6.00. The van der Waals surface area contributed by atoms with Gasteiger partial charge in [0.05, 0.1) is 0 Å². The average Bonchev–Trinajstić information content (AvgIpc) is 2.24. The van der Waals surface area contributed by atoms with E-state index in [1.54, 1.807) is 0 Å². The van der Waals surface area contributed by atoms with Crippen molar-refractivity contribution in [2.75, 3.05) is 0 Å². The van der Waals surface area contributed by atoms with Gasteiger partial charge in [0.25, 0.3) is 0 Å². The maximum Gasteiger partial charge on any atom is 0 e. The van der Waals surface area contributed by atoms with Gasteiger partial charge in [0.2, 0.25) is 0 Å². The van der Waals surface area contributed by atoms with Crippen molar-refractivity contribution in [3.8, 4) is 0 Å². The van der Waals surface area contributed by atoms with Gasteiger partial charge in [0.1, 0.15) is 0 Å². The van der Waals surface area contributed by atoms with Crippen LogP contribution in [0.25, 0.3) is 0 Å². The molecular weight excluding hydrogens is 269 g/mol. The third kappa shape index (κ3) is 16.0. The Labute approximate surface area is 127 Å². The van der Waals surface area contributed by atoms with Crippen molar-refractivity contribution >= 4 is 0 Å². The first-order valence-corrected chi connectivity index (χ1v) is 3.82. The molecule has 1 heteroatoms. The van der Waals surface area contributed by atoms with E-state index in [1.807, 2.05) is 60.7 Å². The summed E-state index contributed by atoms with van der Waals surface area (Å²) in [6, 6.07) is 25.0. The van der Waals surface area contributed by atoms with Crippen molar-refractivity contribution in [2.45, 2.75) is 22.3 Å². The molecule has 0 nitrogen and oxygen atoms in total. The zero-order valence-corrected chi connectivity index (χ0v) is 10.2. The monoisotopic (exact) mass is 291 g/mol. The van der Waals surface area contributed by atoms with E-state index in [0.29, 0.717) is 0 Å². The van der Waals surface area contributed by atoms with Crippen molar-refractivity contribution in [1.29, 1.82) is 0 Å². The van der Waals surface area contributed by atoms with E-state index in [4.69, 9.17) is 0 Å². The van der Waals surface area contributed by atoms with Gasteiger partial charge in [0, 0.05) is 32.7 Å². The number of benzene rings is 2. The summed E-state index contributed by atoms with van der Waals surface area (Å²) in [5.74, 6) is 0. The Bertz CT molecular complexity index is 181. The second-order valence-corrected chi connectivity index (χ2v) is 2.15. The molecule has 0 amide bonds. The summed E-state index contributed by atoms with van der Waals surface area (Å²) in [5, 5.41) is 0. The van der Waals surface area contributed by atoms with Crippen molar-refractivity contribution in [3.05, 3.63) is 72.8 Å². The smallest absolute Gasteiger partial charge is 0 e. The standard InChI is InChI=1S/2C6H5.3CH4.Y/c2*1-2-4-6-5-3-1;;;;/h2*1-5H;3*1H4;/q2*-1;;;;. The molecule has 0 spiro atoms. The van der Waals surface area contributed by atoms with Crippen molar-refractivity contribution in [1.82, 2.24) is 0 Å². The molecule has 87 valence electrons. The Hall–Kier alpha value is -0.456. The van der Waals surface area contributed by atoms with Gasteiger partial charge in [-0.05, 0) is 0 Å². The van der Waals surface area contributed by atoms with Crippen molar-refractivity contribution in [2.24, 2.45) is 0 Å². The molecule has 0 unspecified atom stereocenters. The fourth-order valence-corrected chi connectivity index (χ4v) is 0.684. The number of hydrogen-bond acceptors (Lipinski definition) is 0. The Morgan fingerprint density at radius 3 is 0.750 bits per heavy atom. The molecule has 0 saturated heterocycles. The third-order valence-corrected chi connectivity index (χ3v) is 1.21. The van der Waals surface area contributed by atoms with Crippen molar-refractivity contribution < 1.29 is 32.7 Å². The fraction of sp³-hybridized carbons (Fsp3) is 0.200. The van der Waals surface area contributed by atoms with Crippen LogP contribution in [0.5, 0.6) is 0 Å². The van der Waals surface area contributed by atoms with E-state index < -0.39 is 0 Å². The predicted molar refractivity (Wildman–Crippen MR) is 70.7 cm³/mol. The van der Waals surface area contributed by atoms with Crippen LogP contribution < -0.4 is 0 Å². The molecule has 0 saturated carbocycles. The molecular formula is C15H22Y-2.